The number of nitrogens with one attached hydrogen (secondary N) is 1. The maximum Gasteiger partial charge on any atom is 0.261 e. The quantitative estimate of drug-likeness (QED) is 0.290. The summed E-state index contributed by atoms with van der Waals surface area (Å²) in [5, 5.41) is 3.90. The monoisotopic (exact) mass is 555 g/mol. The molecule has 4 aromatic rings. The maximum absolute atomic E-state index is 14.0. The SMILES string of the molecule is CC(=O)Nc1ccc(C2=NC(C)(C)CN2C(c2nc3cc(Cl)ccc3c(=O)n2Cc2ccccc2)C(C)C)cc1. The van der Waals surface area contributed by atoms with Gasteiger partial charge in [0.2, 0.25) is 5.91 Å². The largest absolute Gasteiger partial charge is 0.344 e. The van der Waals surface area contributed by atoms with Crippen molar-refractivity contribution in [1.82, 2.24) is 14.5 Å². The van der Waals surface area contributed by atoms with Crippen LogP contribution in [0.25, 0.3) is 10.9 Å². The number of aliphatic imine (C=N–C) groups is 1. The number of amidine groups is 1. The second-order valence-electron chi connectivity index (χ2n) is 11.3. The van der Waals surface area contributed by atoms with E-state index in [9.17, 15) is 9.59 Å². The zero-order valence-electron chi connectivity index (χ0n) is 23.5. The fraction of sp³-hybridized carbons (Fsp3) is 0.312. The van der Waals surface area contributed by atoms with Crippen molar-refractivity contribution < 1.29 is 4.79 Å². The van der Waals surface area contributed by atoms with Crippen LogP contribution >= 0.6 is 11.6 Å². The number of hydrogen-bond donors (Lipinski definition) is 1. The summed E-state index contributed by atoms with van der Waals surface area (Å²) in [6.45, 7) is 11.1. The first-order chi connectivity index (χ1) is 19.0. The van der Waals surface area contributed by atoms with Crippen molar-refractivity contribution in [1.29, 1.82) is 0 Å². The molecule has 0 saturated carbocycles. The predicted octanol–water partition coefficient (Wildman–Crippen LogP) is 6.29. The lowest BCUT2D eigenvalue weighted by Crippen LogP contribution is -2.42. The first-order valence-electron chi connectivity index (χ1n) is 13.5. The van der Waals surface area contributed by atoms with Gasteiger partial charge in [0.05, 0.1) is 29.0 Å². The number of aromatic nitrogens is 2. The lowest BCUT2D eigenvalue weighted by molar-refractivity contribution is -0.114. The summed E-state index contributed by atoms with van der Waals surface area (Å²) in [7, 11) is 0. The van der Waals surface area contributed by atoms with Gasteiger partial charge in [-0.3, -0.25) is 19.1 Å². The lowest BCUT2D eigenvalue weighted by Gasteiger charge is -2.35. The van der Waals surface area contributed by atoms with Crippen molar-refractivity contribution >= 4 is 39.9 Å². The van der Waals surface area contributed by atoms with E-state index in [4.69, 9.17) is 21.6 Å². The van der Waals surface area contributed by atoms with Crippen LogP contribution in [-0.2, 0) is 11.3 Å². The zero-order valence-corrected chi connectivity index (χ0v) is 24.2. The van der Waals surface area contributed by atoms with Gasteiger partial charge in [-0.2, -0.15) is 0 Å². The van der Waals surface area contributed by atoms with Crippen molar-refractivity contribution in [3.8, 4) is 0 Å². The summed E-state index contributed by atoms with van der Waals surface area (Å²) in [5.41, 5.74) is 2.83. The van der Waals surface area contributed by atoms with Crippen molar-refractivity contribution in [3.63, 3.8) is 0 Å². The Hall–Kier alpha value is -3.97. The summed E-state index contributed by atoms with van der Waals surface area (Å²) < 4.78 is 1.80. The number of amides is 1. The second-order valence-corrected chi connectivity index (χ2v) is 11.8. The molecular formula is C32H34ClN5O2. The van der Waals surface area contributed by atoms with Crippen LogP contribution in [-0.4, -0.2) is 38.3 Å². The van der Waals surface area contributed by atoms with E-state index in [1.165, 1.54) is 6.92 Å². The third kappa shape index (κ3) is 5.65. The molecule has 0 radical (unpaired) electrons. The highest BCUT2D eigenvalue weighted by Crippen LogP contribution is 2.36. The number of nitrogens with zero attached hydrogens (tertiary/aromatic N) is 4. The molecular weight excluding hydrogens is 522 g/mol. The molecule has 1 amide bonds. The number of halogens is 1. The molecule has 40 heavy (non-hydrogen) atoms. The molecule has 5 rings (SSSR count). The van der Waals surface area contributed by atoms with E-state index in [2.05, 4.69) is 37.9 Å². The Bertz CT molecular complexity index is 1640. The number of carbonyl (C=O) groups is 1. The van der Waals surface area contributed by atoms with Crippen LogP contribution in [0.5, 0.6) is 0 Å². The van der Waals surface area contributed by atoms with Crippen LogP contribution in [0.2, 0.25) is 5.02 Å². The third-order valence-corrected chi connectivity index (χ3v) is 7.30. The Morgan fingerprint density at radius 3 is 2.40 bits per heavy atom. The number of hydrogen-bond acceptors (Lipinski definition) is 5. The Morgan fingerprint density at radius 1 is 1.05 bits per heavy atom. The van der Waals surface area contributed by atoms with Gasteiger partial charge in [-0.1, -0.05) is 55.8 Å². The zero-order chi connectivity index (χ0) is 28.6. The molecule has 0 saturated heterocycles. The van der Waals surface area contributed by atoms with Crippen LogP contribution in [0.1, 0.15) is 57.6 Å². The minimum absolute atomic E-state index is 0.0947. The van der Waals surface area contributed by atoms with Crippen LogP contribution < -0.4 is 10.9 Å². The first kappa shape index (κ1) is 27.6. The summed E-state index contributed by atoms with van der Waals surface area (Å²) >= 11 is 6.34. The lowest BCUT2D eigenvalue weighted by atomic mass is 9.98. The van der Waals surface area contributed by atoms with Gasteiger partial charge in [0, 0.05) is 29.7 Å². The van der Waals surface area contributed by atoms with Gasteiger partial charge < -0.3 is 10.2 Å². The van der Waals surface area contributed by atoms with Crippen molar-refractivity contribution in [2.75, 3.05) is 11.9 Å². The van der Waals surface area contributed by atoms with Crippen molar-refractivity contribution in [2.45, 2.75) is 52.7 Å². The fourth-order valence-corrected chi connectivity index (χ4v) is 5.56. The predicted molar refractivity (Wildman–Crippen MR) is 162 cm³/mol. The normalized spacial score (nSPS) is 15.4. The molecule has 0 spiro atoms. The number of fused-ring (bicyclic) bond motifs is 1. The molecule has 0 aliphatic carbocycles. The van der Waals surface area contributed by atoms with Crippen LogP contribution in [0, 0.1) is 5.92 Å². The van der Waals surface area contributed by atoms with Gasteiger partial charge in [0.15, 0.2) is 0 Å². The first-order valence-corrected chi connectivity index (χ1v) is 13.9. The minimum atomic E-state index is -0.344. The van der Waals surface area contributed by atoms with Gasteiger partial charge in [0.25, 0.3) is 5.56 Å². The summed E-state index contributed by atoms with van der Waals surface area (Å²) in [4.78, 5) is 38.1. The smallest absolute Gasteiger partial charge is 0.261 e. The van der Waals surface area contributed by atoms with Crippen molar-refractivity contribution in [2.24, 2.45) is 10.9 Å². The number of rotatable bonds is 7. The van der Waals surface area contributed by atoms with E-state index >= 15 is 0 Å². The molecule has 1 aliphatic heterocycles. The standard InChI is InChI=1S/C32H34ClN5O2/c1-20(2)28(38-19-32(4,5)36-29(38)23-11-14-25(15-12-23)34-21(3)39)30-35-27-17-24(33)13-16-26(27)31(40)37(30)18-22-9-7-6-8-10-22/h6-17,20,28H,18-19H2,1-5H3,(H,34,39). The third-order valence-electron chi connectivity index (χ3n) is 7.06. The van der Waals surface area contributed by atoms with E-state index in [1.54, 1.807) is 22.8 Å². The minimum Gasteiger partial charge on any atom is -0.344 e. The van der Waals surface area contributed by atoms with Gasteiger partial charge in [-0.05, 0) is 67.8 Å². The number of benzene rings is 3. The average Bonchev–Trinajstić information content (AvgIpc) is 3.21. The molecule has 0 fully saturated rings. The maximum atomic E-state index is 14.0. The Morgan fingerprint density at radius 2 is 1.75 bits per heavy atom. The summed E-state index contributed by atoms with van der Waals surface area (Å²) in [6.07, 6.45) is 0. The average molecular weight is 556 g/mol. The molecule has 3 aromatic carbocycles. The van der Waals surface area contributed by atoms with Crippen LogP contribution in [0.15, 0.2) is 82.6 Å². The molecule has 8 heteroatoms. The van der Waals surface area contributed by atoms with Crippen LogP contribution in [0.4, 0.5) is 5.69 Å². The fourth-order valence-electron chi connectivity index (χ4n) is 5.40. The molecule has 1 aliphatic rings. The second kappa shape index (κ2) is 10.9. The van der Waals surface area contributed by atoms with E-state index in [1.807, 2.05) is 54.6 Å². The molecule has 7 nitrogen and oxygen atoms in total. The summed E-state index contributed by atoms with van der Waals surface area (Å²) in [6, 6.07) is 22.7. The Labute approximate surface area is 239 Å². The van der Waals surface area contributed by atoms with Gasteiger partial charge in [-0.15, -0.1) is 0 Å². The van der Waals surface area contributed by atoms with E-state index in [0.717, 1.165) is 22.6 Å². The Balaban J connectivity index is 1.67. The highest BCUT2D eigenvalue weighted by atomic mass is 35.5. The topological polar surface area (TPSA) is 79.6 Å². The van der Waals surface area contributed by atoms with Crippen molar-refractivity contribution in [3.05, 3.63) is 105 Å². The molecule has 1 unspecified atom stereocenters. The molecule has 1 atom stereocenters. The van der Waals surface area contributed by atoms with E-state index in [0.29, 0.717) is 34.8 Å². The molecule has 2 heterocycles. The summed E-state index contributed by atoms with van der Waals surface area (Å²) in [5.74, 6) is 1.50. The van der Waals surface area contributed by atoms with E-state index in [-0.39, 0.29) is 29.0 Å². The van der Waals surface area contributed by atoms with Crippen LogP contribution in [0.3, 0.4) is 0 Å². The number of carbonyl (C=O) groups excluding carboxylic acids is 1. The molecule has 1 aromatic heterocycles. The van der Waals surface area contributed by atoms with Gasteiger partial charge >= 0.3 is 0 Å². The highest BCUT2D eigenvalue weighted by Gasteiger charge is 2.39. The molecule has 206 valence electrons. The molecule has 1 N–H and O–H groups in total. The Kier molecular flexibility index (Phi) is 7.51. The van der Waals surface area contributed by atoms with Gasteiger partial charge in [-0.25, -0.2) is 4.98 Å². The van der Waals surface area contributed by atoms with Gasteiger partial charge in [0.1, 0.15) is 11.7 Å². The van der Waals surface area contributed by atoms with E-state index < -0.39 is 0 Å². The number of anilines is 1. The highest BCUT2D eigenvalue weighted by molar-refractivity contribution is 6.31. The molecule has 0 bridgehead atoms.